The molecule has 0 aliphatic carbocycles. The van der Waals surface area contributed by atoms with Crippen molar-refractivity contribution in [1.29, 1.82) is 5.26 Å². The number of aromatic nitrogens is 2. The average Bonchev–Trinajstić information content (AvgIpc) is 2.76. The first-order chi connectivity index (χ1) is 14.5. The SMILES string of the molecule is CCN1CCCC(Oc2cc(C)nc(N/C(=N/C)N(C)c3cccc(C#N)c3)n2)C1. The van der Waals surface area contributed by atoms with Gasteiger partial charge in [-0.1, -0.05) is 13.0 Å². The van der Waals surface area contributed by atoms with Gasteiger partial charge in [-0.15, -0.1) is 0 Å². The minimum Gasteiger partial charge on any atom is -0.473 e. The van der Waals surface area contributed by atoms with Gasteiger partial charge in [-0.2, -0.15) is 10.2 Å². The van der Waals surface area contributed by atoms with Crippen LogP contribution in [0.5, 0.6) is 5.88 Å². The lowest BCUT2D eigenvalue weighted by Crippen LogP contribution is -2.41. The Morgan fingerprint density at radius 2 is 2.23 bits per heavy atom. The molecule has 158 valence electrons. The van der Waals surface area contributed by atoms with Gasteiger partial charge >= 0.3 is 0 Å². The maximum Gasteiger partial charge on any atom is 0.233 e. The number of guanidine groups is 1. The molecule has 1 N–H and O–H groups in total. The van der Waals surface area contributed by atoms with Crippen LogP contribution in [0.25, 0.3) is 0 Å². The second-order valence-corrected chi connectivity index (χ2v) is 7.34. The molecule has 0 radical (unpaired) electrons. The summed E-state index contributed by atoms with van der Waals surface area (Å²) in [4.78, 5) is 17.6. The highest BCUT2D eigenvalue weighted by Gasteiger charge is 2.21. The van der Waals surface area contributed by atoms with E-state index in [0.29, 0.717) is 23.4 Å². The first kappa shape index (κ1) is 21.5. The van der Waals surface area contributed by atoms with E-state index in [4.69, 9.17) is 10.00 Å². The van der Waals surface area contributed by atoms with Crippen molar-refractivity contribution in [3.05, 3.63) is 41.6 Å². The number of aliphatic imine (C=N–C) groups is 1. The Balaban J connectivity index is 1.74. The molecule has 1 aromatic heterocycles. The third kappa shape index (κ3) is 5.45. The fourth-order valence-electron chi connectivity index (χ4n) is 3.52. The van der Waals surface area contributed by atoms with Gasteiger partial charge in [0.15, 0.2) is 0 Å². The van der Waals surface area contributed by atoms with Crippen LogP contribution in [0.3, 0.4) is 0 Å². The van der Waals surface area contributed by atoms with Crippen LogP contribution in [0.4, 0.5) is 11.6 Å². The lowest BCUT2D eigenvalue weighted by atomic mass is 10.1. The van der Waals surface area contributed by atoms with Crippen LogP contribution in [0, 0.1) is 18.3 Å². The summed E-state index contributed by atoms with van der Waals surface area (Å²) < 4.78 is 6.18. The minimum absolute atomic E-state index is 0.136. The standard InChI is InChI=1S/C22H29N7O/c1-5-29-11-7-10-19(15-29)30-20-12-16(2)25-21(26-20)27-22(24-3)28(4)18-9-6-8-17(13-18)14-23/h6,8-9,12-13,19H,5,7,10-11,15H2,1-4H3,(H,24,25,26,27). The zero-order chi connectivity index (χ0) is 21.5. The van der Waals surface area contributed by atoms with Crippen molar-refractivity contribution in [3.8, 4) is 11.9 Å². The second-order valence-electron chi connectivity index (χ2n) is 7.34. The van der Waals surface area contributed by atoms with Crippen molar-refractivity contribution in [2.45, 2.75) is 32.8 Å². The van der Waals surface area contributed by atoms with Gasteiger partial charge in [0.25, 0.3) is 0 Å². The molecule has 0 spiro atoms. The lowest BCUT2D eigenvalue weighted by molar-refractivity contribution is 0.0882. The fourth-order valence-corrected chi connectivity index (χ4v) is 3.52. The van der Waals surface area contributed by atoms with Crippen LogP contribution in [0.2, 0.25) is 0 Å². The highest BCUT2D eigenvalue weighted by molar-refractivity contribution is 6.04. The zero-order valence-corrected chi connectivity index (χ0v) is 18.1. The van der Waals surface area contributed by atoms with E-state index in [2.05, 4.69) is 38.2 Å². The highest BCUT2D eigenvalue weighted by Crippen LogP contribution is 2.20. The normalized spacial score (nSPS) is 17.3. The van der Waals surface area contributed by atoms with Crippen LogP contribution >= 0.6 is 0 Å². The maximum absolute atomic E-state index is 9.15. The number of rotatable bonds is 5. The van der Waals surface area contributed by atoms with Gasteiger partial charge in [0, 0.05) is 38.1 Å². The van der Waals surface area contributed by atoms with E-state index in [9.17, 15) is 0 Å². The van der Waals surface area contributed by atoms with Gasteiger partial charge in [-0.3, -0.25) is 15.2 Å². The molecule has 1 unspecified atom stereocenters. The van der Waals surface area contributed by atoms with E-state index in [0.717, 1.165) is 43.9 Å². The molecule has 0 bridgehead atoms. The molecule has 2 aromatic rings. The molecule has 0 amide bonds. The smallest absolute Gasteiger partial charge is 0.233 e. The van der Waals surface area contributed by atoms with E-state index in [1.807, 2.05) is 37.1 Å². The van der Waals surface area contributed by atoms with Gasteiger partial charge < -0.3 is 9.64 Å². The highest BCUT2D eigenvalue weighted by atomic mass is 16.5. The van der Waals surface area contributed by atoms with E-state index in [1.54, 1.807) is 19.2 Å². The van der Waals surface area contributed by atoms with E-state index >= 15 is 0 Å². The number of likely N-dealkylation sites (N-methyl/N-ethyl adjacent to an activating group) is 1. The number of benzene rings is 1. The molecule has 1 saturated heterocycles. The molecule has 1 aliphatic rings. The summed E-state index contributed by atoms with van der Waals surface area (Å²) >= 11 is 0. The summed E-state index contributed by atoms with van der Waals surface area (Å²) in [6.07, 6.45) is 2.30. The van der Waals surface area contributed by atoms with Crippen molar-refractivity contribution in [1.82, 2.24) is 14.9 Å². The molecular weight excluding hydrogens is 378 g/mol. The largest absolute Gasteiger partial charge is 0.473 e. The zero-order valence-electron chi connectivity index (χ0n) is 18.1. The Labute approximate surface area is 178 Å². The number of nitrogens with zero attached hydrogens (tertiary/aromatic N) is 6. The summed E-state index contributed by atoms with van der Waals surface area (Å²) in [5.41, 5.74) is 2.24. The van der Waals surface area contributed by atoms with Gasteiger partial charge in [0.1, 0.15) is 6.10 Å². The van der Waals surface area contributed by atoms with Crippen molar-refractivity contribution in [2.24, 2.45) is 4.99 Å². The summed E-state index contributed by atoms with van der Waals surface area (Å²) in [5.74, 6) is 1.56. The Morgan fingerprint density at radius 1 is 1.40 bits per heavy atom. The molecule has 0 saturated carbocycles. The fraction of sp³-hybridized carbons (Fsp3) is 0.455. The van der Waals surface area contributed by atoms with Gasteiger partial charge in [-0.25, -0.2) is 4.98 Å². The first-order valence-electron chi connectivity index (χ1n) is 10.2. The molecule has 1 atom stereocenters. The lowest BCUT2D eigenvalue weighted by Gasteiger charge is -2.31. The molecular formula is C22H29N7O. The Kier molecular flexibility index (Phi) is 7.20. The molecule has 1 aromatic carbocycles. The summed E-state index contributed by atoms with van der Waals surface area (Å²) in [6.45, 7) is 7.17. The number of nitriles is 1. The first-order valence-corrected chi connectivity index (χ1v) is 10.2. The third-order valence-corrected chi connectivity index (χ3v) is 5.14. The Bertz CT molecular complexity index is 937. The monoisotopic (exact) mass is 407 g/mol. The summed E-state index contributed by atoms with van der Waals surface area (Å²) in [5, 5.41) is 12.3. The molecule has 1 fully saturated rings. The van der Waals surface area contributed by atoms with Crippen molar-refractivity contribution < 1.29 is 4.74 Å². The van der Waals surface area contributed by atoms with Gasteiger partial charge in [-0.05, 0) is 51.1 Å². The van der Waals surface area contributed by atoms with E-state index in [1.165, 1.54) is 0 Å². The number of hydrogen-bond acceptors (Lipinski definition) is 6. The van der Waals surface area contributed by atoms with Crippen LogP contribution in [0.15, 0.2) is 35.3 Å². The van der Waals surface area contributed by atoms with E-state index < -0.39 is 0 Å². The van der Waals surface area contributed by atoms with Crippen LogP contribution < -0.4 is 15.0 Å². The van der Waals surface area contributed by atoms with Crippen LogP contribution in [-0.2, 0) is 0 Å². The third-order valence-electron chi connectivity index (χ3n) is 5.14. The van der Waals surface area contributed by atoms with Crippen molar-refractivity contribution in [3.63, 3.8) is 0 Å². The van der Waals surface area contributed by atoms with Gasteiger partial charge in [0.05, 0.1) is 11.6 Å². The Morgan fingerprint density at radius 3 is 2.97 bits per heavy atom. The van der Waals surface area contributed by atoms with Gasteiger partial charge in [0.2, 0.25) is 17.8 Å². The predicted molar refractivity (Wildman–Crippen MR) is 119 cm³/mol. The number of piperidine rings is 1. The quantitative estimate of drug-likeness (QED) is 0.602. The molecule has 3 rings (SSSR count). The summed E-state index contributed by atoms with van der Waals surface area (Å²) in [6, 6.07) is 11.4. The topological polar surface area (TPSA) is 89.7 Å². The average molecular weight is 408 g/mol. The number of aryl methyl sites for hydroxylation is 1. The minimum atomic E-state index is 0.136. The molecule has 2 heterocycles. The number of ether oxygens (including phenoxy) is 1. The predicted octanol–water partition coefficient (Wildman–Crippen LogP) is 3.05. The van der Waals surface area contributed by atoms with Crippen LogP contribution in [-0.4, -0.2) is 60.7 Å². The molecule has 30 heavy (non-hydrogen) atoms. The number of anilines is 2. The Hall–Kier alpha value is -3.18. The summed E-state index contributed by atoms with van der Waals surface area (Å²) in [7, 11) is 3.57. The molecule has 1 aliphatic heterocycles. The van der Waals surface area contributed by atoms with Crippen LogP contribution in [0.1, 0.15) is 31.0 Å². The maximum atomic E-state index is 9.15. The van der Waals surface area contributed by atoms with E-state index in [-0.39, 0.29) is 6.10 Å². The second kappa shape index (κ2) is 10.0. The van der Waals surface area contributed by atoms with Crippen molar-refractivity contribution in [2.75, 3.05) is 43.9 Å². The molecule has 8 nitrogen and oxygen atoms in total. The van der Waals surface area contributed by atoms with Crippen molar-refractivity contribution >= 4 is 17.6 Å². The number of nitrogens with one attached hydrogen (secondary N) is 1. The number of hydrogen-bond donors (Lipinski definition) is 1. The number of likely N-dealkylation sites (tertiary alicyclic amines) is 1. The molecule has 8 heteroatoms.